The van der Waals surface area contributed by atoms with E-state index in [1.807, 2.05) is 0 Å². The lowest BCUT2D eigenvalue weighted by molar-refractivity contribution is -0.317. The summed E-state index contributed by atoms with van der Waals surface area (Å²) in [6.07, 6.45) is -16.2. The Kier molecular flexibility index (Phi) is 5.26. The van der Waals surface area contributed by atoms with Crippen molar-refractivity contribution >= 4 is 0 Å². The van der Waals surface area contributed by atoms with Gasteiger partial charge in [-0.3, -0.25) is 0 Å². The van der Waals surface area contributed by atoms with Gasteiger partial charge in [-0.05, 0) is 0 Å². The lowest BCUT2D eigenvalue weighted by Crippen LogP contribution is -2.46. The summed E-state index contributed by atoms with van der Waals surface area (Å²) in [4.78, 5) is 0. The monoisotopic (exact) mass is 380 g/mol. The number of hydrogen-bond acceptors (Lipinski definition) is 1. The molecule has 0 spiro atoms. The number of alkyl halides is 7. The third kappa shape index (κ3) is 3.98. The Bertz CT molecular complexity index is 591. The molecule has 0 heterocycles. The van der Waals surface area contributed by atoms with Crippen molar-refractivity contribution in [2.45, 2.75) is 31.0 Å². The molecule has 24 heavy (non-hydrogen) atoms. The Morgan fingerprint density at radius 2 is 0.958 bits per heavy atom. The first kappa shape index (κ1) is 20.2. The molecule has 138 valence electrons. The highest BCUT2D eigenvalue weighted by Crippen LogP contribution is 2.43. The van der Waals surface area contributed by atoms with Crippen LogP contribution < -0.4 is 4.74 Å². The van der Waals surface area contributed by atoms with Crippen LogP contribution in [0.1, 0.15) is 12.8 Å². The van der Waals surface area contributed by atoms with E-state index >= 15 is 0 Å². The normalized spacial score (nSPS) is 13.3. The second kappa shape index (κ2) is 6.24. The van der Waals surface area contributed by atoms with Crippen molar-refractivity contribution in [1.29, 1.82) is 0 Å². The molecular formula is C11H4F12O. The lowest BCUT2D eigenvalue weighted by atomic mass is 10.1. The van der Waals surface area contributed by atoms with E-state index in [0.29, 0.717) is 0 Å². The molecule has 0 radical (unpaired) electrons. The average Bonchev–Trinajstić information content (AvgIpc) is 2.45. The summed E-state index contributed by atoms with van der Waals surface area (Å²) >= 11 is 0. The van der Waals surface area contributed by atoms with Crippen molar-refractivity contribution in [2.24, 2.45) is 0 Å². The molecule has 0 aliphatic rings. The summed E-state index contributed by atoms with van der Waals surface area (Å²) in [6.45, 7) is 0. The van der Waals surface area contributed by atoms with Gasteiger partial charge in [0.2, 0.25) is 34.8 Å². The zero-order valence-electron chi connectivity index (χ0n) is 10.9. The molecule has 1 aromatic carbocycles. The number of hydrogen-bond donors (Lipinski definition) is 0. The molecule has 1 rings (SSSR count). The average molecular weight is 380 g/mol. The van der Waals surface area contributed by atoms with E-state index in [1.165, 1.54) is 0 Å². The molecule has 1 aromatic rings. The van der Waals surface area contributed by atoms with Gasteiger partial charge in [-0.2, -0.15) is 39.5 Å². The Balaban J connectivity index is 3.19. The van der Waals surface area contributed by atoms with Gasteiger partial charge in [0.25, 0.3) is 0 Å². The molecule has 0 unspecified atom stereocenters. The first-order chi connectivity index (χ1) is 10.6. The minimum absolute atomic E-state index is 2.42. The van der Waals surface area contributed by atoms with Gasteiger partial charge in [-0.1, -0.05) is 0 Å². The van der Waals surface area contributed by atoms with Crippen molar-refractivity contribution < 1.29 is 57.4 Å². The second-order valence-electron chi connectivity index (χ2n) is 4.34. The fraction of sp³-hybridized carbons (Fsp3) is 0.455. The fourth-order valence-corrected chi connectivity index (χ4v) is 1.32. The van der Waals surface area contributed by atoms with E-state index in [2.05, 4.69) is 4.74 Å². The highest BCUT2D eigenvalue weighted by Gasteiger charge is 2.60. The van der Waals surface area contributed by atoms with E-state index < -0.39 is 65.9 Å². The van der Waals surface area contributed by atoms with Crippen LogP contribution in [0.2, 0.25) is 0 Å². The van der Waals surface area contributed by atoms with E-state index in [9.17, 15) is 52.7 Å². The molecule has 0 atom stereocenters. The van der Waals surface area contributed by atoms with Gasteiger partial charge in [-0.25, -0.2) is 13.2 Å². The highest BCUT2D eigenvalue weighted by atomic mass is 19.4. The highest BCUT2D eigenvalue weighted by molar-refractivity contribution is 5.30. The van der Waals surface area contributed by atoms with Crippen LogP contribution >= 0.6 is 0 Å². The van der Waals surface area contributed by atoms with Crippen LogP contribution in [0.25, 0.3) is 0 Å². The topological polar surface area (TPSA) is 9.23 Å². The number of halogens is 12. The van der Waals surface area contributed by atoms with Crippen LogP contribution in [-0.2, 0) is 0 Å². The molecular weight excluding hydrogens is 376 g/mol. The third-order valence-electron chi connectivity index (χ3n) is 2.55. The summed E-state index contributed by atoms with van der Waals surface area (Å²) in [6, 6.07) is 0. The number of ether oxygens (including phenoxy) is 1. The quantitative estimate of drug-likeness (QED) is 0.381. The molecule has 0 saturated carbocycles. The van der Waals surface area contributed by atoms with Crippen LogP contribution in [0.4, 0.5) is 52.7 Å². The lowest BCUT2D eigenvalue weighted by Gasteiger charge is -2.27. The minimum Gasteiger partial charge on any atom is -0.422 e. The second-order valence-corrected chi connectivity index (χ2v) is 4.34. The minimum atomic E-state index is -5.99. The first-order valence-corrected chi connectivity index (χ1v) is 5.63. The zero-order valence-corrected chi connectivity index (χ0v) is 10.9. The molecule has 1 nitrogen and oxygen atoms in total. The van der Waals surface area contributed by atoms with Crippen LogP contribution in [0.15, 0.2) is 0 Å². The smallest absolute Gasteiger partial charge is 0.422 e. The molecule has 0 saturated heterocycles. The predicted molar refractivity (Wildman–Crippen MR) is 52.0 cm³/mol. The molecule has 0 aromatic heterocycles. The van der Waals surface area contributed by atoms with Crippen molar-refractivity contribution in [3.05, 3.63) is 29.1 Å². The van der Waals surface area contributed by atoms with Gasteiger partial charge >= 0.3 is 18.2 Å². The SMILES string of the molecule is Fc1c(F)c(F)c(OC(F)(F)C(F)(F)CCC(F)(F)F)c(F)c1F. The van der Waals surface area contributed by atoms with Gasteiger partial charge in [0, 0.05) is 12.8 Å². The van der Waals surface area contributed by atoms with E-state index in [4.69, 9.17) is 0 Å². The van der Waals surface area contributed by atoms with Gasteiger partial charge < -0.3 is 4.74 Å². The van der Waals surface area contributed by atoms with E-state index in [-0.39, 0.29) is 0 Å². The van der Waals surface area contributed by atoms with E-state index in [1.54, 1.807) is 0 Å². The molecule has 0 fully saturated rings. The van der Waals surface area contributed by atoms with Crippen molar-refractivity contribution in [3.8, 4) is 5.75 Å². The van der Waals surface area contributed by atoms with Crippen molar-refractivity contribution in [2.75, 3.05) is 0 Å². The molecule has 0 bridgehead atoms. The Labute approximate surface area is 124 Å². The van der Waals surface area contributed by atoms with Gasteiger partial charge in [0.1, 0.15) is 0 Å². The molecule has 0 amide bonds. The number of rotatable bonds is 5. The zero-order chi connectivity index (χ0) is 19.1. The van der Waals surface area contributed by atoms with Gasteiger partial charge in [-0.15, -0.1) is 0 Å². The standard InChI is InChI=1S/C11H4F12O/c12-3-4(13)6(15)8(7(16)5(3)14)24-11(22,23)9(17,18)1-2-10(19,20)21/h1-2H2. The third-order valence-corrected chi connectivity index (χ3v) is 2.55. The summed E-state index contributed by atoms with van der Waals surface area (Å²) in [5, 5.41) is 0. The summed E-state index contributed by atoms with van der Waals surface area (Å²) in [5.41, 5.74) is 0. The summed E-state index contributed by atoms with van der Waals surface area (Å²) in [7, 11) is 0. The van der Waals surface area contributed by atoms with Crippen molar-refractivity contribution in [3.63, 3.8) is 0 Å². The summed E-state index contributed by atoms with van der Waals surface area (Å²) < 4.78 is 155. The van der Waals surface area contributed by atoms with Crippen LogP contribution in [0.3, 0.4) is 0 Å². The van der Waals surface area contributed by atoms with Crippen LogP contribution in [0.5, 0.6) is 5.75 Å². The molecule has 13 heteroatoms. The predicted octanol–water partition coefficient (Wildman–Crippen LogP) is 5.33. The maximum atomic E-state index is 13.2. The Hall–Kier alpha value is -1.82. The van der Waals surface area contributed by atoms with Gasteiger partial charge in [0.05, 0.1) is 0 Å². The fourth-order valence-electron chi connectivity index (χ4n) is 1.32. The largest absolute Gasteiger partial charge is 0.464 e. The van der Waals surface area contributed by atoms with E-state index in [0.717, 1.165) is 0 Å². The van der Waals surface area contributed by atoms with Crippen molar-refractivity contribution in [1.82, 2.24) is 0 Å². The van der Waals surface area contributed by atoms with Crippen LogP contribution in [-0.4, -0.2) is 18.2 Å². The van der Waals surface area contributed by atoms with Crippen LogP contribution in [0, 0.1) is 29.1 Å². The molecule has 0 aliphatic heterocycles. The van der Waals surface area contributed by atoms with Gasteiger partial charge in [0.15, 0.2) is 0 Å². The first-order valence-electron chi connectivity index (χ1n) is 5.63. The Morgan fingerprint density at radius 3 is 1.33 bits per heavy atom. The Morgan fingerprint density at radius 1 is 0.583 bits per heavy atom. The molecule has 0 aliphatic carbocycles. The molecule has 0 N–H and O–H groups in total. The summed E-state index contributed by atoms with van der Waals surface area (Å²) in [5.74, 6) is -22.7. The maximum absolute atomic E-state index is 13.2. The maximum Gasteiger partial charge on any atom is 0.464 e. The number of benzene rings is 1.